The first kappa shape index (κ1) is 20.6. The predicted molar refractivity (Wildman–Crippen MR) is 121 cm³/mol. The Morgan fingerprint density at radius 3 is 2.69 bits per heavy atom. The summed E-state index contributed by atoms with van der Waals surface area (Å²) in [6.07, 6.45) is 6.30. The number of fused-ring (bicyclic) bond motifs is 1. The molecule has 2 aliphatic heterocycles. The van der Waals surface area contributed by atoms with E-state index in [4.69, 9.17) is 4.74 Å². The quantitative estimate of drug-likeness (QED) is 0.601. The number of hydrogen-bond donors (Lipinski definition) is 0. The number of carbonyl (C=O) groups excluding carboxylic acids is 2. The van der Waals surface area contributed by atoms with Crippen LogP contribution < -0.4 is 4.74 Å². The Morgan fingerprint density at radius 2 is 1.88 bits per heavy atom. The van der Waals surface area contributed by atoms with Crippen molar-refractivity contribution in [3.05, 3.63) is 70.7 Å². The van der Waals surface area contributed by atoms with E-state index >= 15 is 0 Å². The van der Waals surface area contributed by atoms with Gasteiger partial charge in [-0.05, 0) is 54.5 Å². The van der Waals surface area contributed by atoms with Crippen LogP contribution in [0.5, 0.6) is 11.8 Å². The topological polar surface area (TPSA) is 75.6 Å². The van der Waals surface area contributed by atoms with Gasteiger partial charge in [0, 0.05) is 37.6 Å². The molecule has 8 heteroatoms. The lowest BCUT2D eigenvalue weighted by molar-refractivity contribution is 0.0646. The summed E-state index contributed by atoms with van der Waals surface area (Å²) in [5.41, 5.74) is 0.571. The lowest BCUT2D eigenvalue weighted by Crippen LogP contribution is -2.44. The molecule has 2 saturated heterocycles. The zero-order chi connectivity index (χ0) is 21.9. The van der Waals surface area contributed by atoms with Crippen LogP contribution in [0.2, 0.25) is 0 Å². The Balaban J connectivity index is 1.34. The fraction of sp³-hybridized carbons (Fsp3) is 0.333. The van der Waals surface area contributed by atoms with Gasteiger partial charge in [0.15, 0.2) is 0 Å². The Bertz CT molecular complexity index is 1090. The molecule has 7 nitrogen and oxygen atoms in total. The molecular formula is C24H24N4O3S. The van der Waals surface area contributed by atoms with Gasteiger partial charge in [-0.15, -0.1) is 11.3 Å². The molecule has 1 aromatic carbocycles. The molecule has 164 valence electrons. The molecule has 4 heterocycles. The first-order chi connectivity index (χ1) is 15.7. The van der Waals surface area contributed by atoms with Crippen molar-refractivity contribution in [1.29, 1.82) is 0 Å². The fourth-order valence-corrected chi connectivity index (χ4v) is 5.31. The Kier molecular flexibility index (Phi) is 5.85. The van der Waals surface area contributed by atoms with E-state index in [1.807, 2.05) is 39.4 Å². The van der Waals surface area contributed by atoms with Gasteiger partial charge in [-0.1, -0.05) is 18.6 Å². The SMILES string of the molecule is O=C(c1cccs1)N1C[C@@H]2CCCCN(C(=O)c3cccc(Oc4ncccn4)c3)[C@@H]2C1. The molecule has 0 spiro atoms. The largest absolute Gasteiger partial charge is 0.424 e. The van der Waals surface area contributed by atoms with Crippen molar-refractivity contribution in [2.45, 2.75) is 25.3 Å². The first-order valence-electron chi connectivity index (χ1n) is 10.9. The molecule has 0 saturated carbocycles. The van der Waals surface area contributed by atoms with Crippen molar-refractivity contribution in [1.82, 2.24) is 19.8 Å². The summed E-state index contributed by atoms with van der Waals surface area (Å²) in [5.74, 6) is 0.877. The summed E-state index contributed by atoms with van der Waals surface area (Å²) in [6.45, 7) is 1.99. The number of aromatic nitrogens is 2. The van der Waals surface area contributed by atoms with E-state index in [9.17, 15) is 9.59 Å². The normalized spacial score (nSPS) is 20.5. The number of likely N-dealkylation sites (tertiary alicyclic amines) is 2. The van der Waals surface area contributed by atoms with Crippen LogP contribution in [0.15, 0.2) is 60.2 Å². The number of rotatable bonds is 4. The Morgan fingerprint density at radius 1 is 1.00 bits per heavy atom. The molecule has 0 radical (unpaired) electrons. The number of nitrogens with zero attached hydrogens (tertiary/aromatic N) is 4. The molecule has 0 aliphatic carbocycles. The summed E-state index contributed by atoms with van der Waals surface area (Å²) >= 11 is 1.47. The summed E-state index contributed by atoms with van der Waals surface area (Å²) in [7, 11) is 0. The molecule has 3 aromatic rings. The minimum absolute atomic E-state index is 0.0215. The molecule has 2 atom stereocenters. The monoisotopic (exact) mass is 448 g/mol. The standard InChI is InChI=1S/C24H24N4O3S/c29-22(17-7-3-8-19(14-17)31-24-25-10-5-11-26-24)28-12-2-1-6-18-15-27(16-20(18)28)23(30)21-9-4-13-32-21/h3-5,7-11,13-14,18,20H,1-2,6,12,15-16H2/t18-,20+/m0/s1. The highest BCUT2D eigenvalue weighted by Crippen LogP contribution is 2.32. The number of ether oxygens (including phenoxy) is 1. The van der Waals surface area contributed by atoms with Crippen molar-refractivity contribution in [2.24, 2.45) is 5.92 Å². The second kappa shape index (κ2) is 9.08. The van der Waals surface area contributed by atoms with Gasteiger partial charge in [-0.3, -0.25) is 9.59 Å². The molecule has 2 aromatic heterocycles. The number of benzene rings is 1. The van der Waals surface area contributed by atoms with E-state index in [-0.39, 0.29) is 23.9 Å². The molecule has 2 fully saturated rings. The molecule has 0 N–H and O–H groups in total. The van der Waals surface area contributed by atoms with Crippen LogP contribution >= 0.6 is 11.3 Å². The van der Waals surface area contributed by atoms with Crippen LogP contribution in [0.3, 0.4) is 0 Å². The van der Waals surface area contributed by atoms with Crippen molar-refractivity contribution in [2.75, 3.05) is 19.6 Å². The average Bonchev–Trinajstić information content (AvgIpc) is 3.46. The van der Waals surface area contributed by atoms with E-state index in [1.165, 1.54) is 11.3 Å². The summed E-state index contributed by atoms with van der Waals surface area (Å²) in [4.78, 5) is 39.2. The third-order valence-electron chi connectivity index (χ3n) is 6.14. The predicted octanol–water partition coefficient (Wildman–Crippen LogP) is 4.10. The fourth-order valence-electron chi connectivity index (χ4n) is 4.62. The lowest BCUT2D eigenvalue weighted by atomic mass is 9.98. The van der Waals surface area contributed by atoms with Crippen LogP contribution in [0, 0.1) is 5.92 Å². The van der Waals surface area contributed by atoms with Crippen molar-refractivity contribution < 1.29 is 14.3 Å². The second-order valence-corrected chi connectivity index (χ2v) is 9.12. The van der Waals surface area contributed by atoms with Crippen LogP contribution in [0.1, 0.15) is 39.3 Å². The minimum Gasteiger partial charge on any atom is -0.424 e. The van der Waals surface area contributed by atoms with Gasteiger partial charge in [0.25, 0.3) is 11.8 Å². The lowest BCUT2D eigenvalue weighted by Gasteiger charge is -2.30. The zero-order valence-electron chi connectivity index (χ0n) is 17.6. The smallest absolute Gasteiger partial charge is 0.321 e. The molecule has 2 aliphatic rings. The Labute approximate surface area is 190 Å². The summed E-state index contributed by atoms with van der Waals surface area (Å²) < 4.78 is 5.71. The van der Waals surface area contributed by atoms with E-state index in [1.54, 1.807) is 30.6 Å². The highest BCUT2D eigenvalue weighted by molar-refractivity contribution is 7.12. The summed E-state index contributed by atoms with van der Waals surface area (Å²) in [6, 6.07) is 12.9. The van der Waals surface area contributed by atoms with Crippen LogP contribution in [-0.2, 0) is 0 Å². The Hall–Kier alpha value is -3.26. The van der Waals surface area contributed by atoms with E-state index in [0.29, 0.717) is 36.9 Å². The average molecular weight is 449 g/mol. The zero-order valence-corrected chi connectivity index (χ0v) is 18.4. The maximum Gasteiger partial charge on any atom is 0.321 e. The van der Waals surface area contributed by atoms with Crippen molar-refractivity contribution >= 4 is 23.2 Å². The van der Waals surface area contributed by atoms with Gasteiger partial charge < -0.3 is 14.5 Å². The molecule has 32 heavy (non-hydrogen) atoms. The van der Waals surface area contributed by atoms with Gasteiger partial charge in [0.2, 0.25) is 0 Å². The van der Waals surface area contributed by atoms with E-state index in [2.05, 4.69) is 9.97 Å². The van der Waals surface area contributed by atoms with Crippen LogP contribution in [0.4, 0.5) is 0 Å². The van der Waals surface area contributed by atoms with E-state index in [0.717, 1.165) is 24.1 Å². The second-order valence-electron chi connectivity index (χ2n) is 8.17. The van der Waals surface area contributed by atoms with Crippen molar-refractivity contribution in [3.63, 3.8) is 0 Å². The van der Waals surface area contributed by atoms with E-state index < -0.39 is 0 Å². The number of amides is 2. The molecule has 5 rings (SSSR count). The van der Waals surface area contributed by atoms with Crippen molar-refractivity contribution in [3.8, 4) is 11.8 Å². The number of hydrogen-bond acceptors (Lipinski definition) is 6. The maximum absolute atomic E-state index is 13.5. The highest BCUT2D eigenvalue weighted by Gasteiger charge is 2.41. The number of thiophene rings is 1. The third kappa shape index (κ3) is 4.23. The van der Waals surface area contributed by atoms with Gasteiger partial charge in [0.1, 0.15) is 5.75 Å². The minimum atomic E-state index is -0.0215. The van der Waals surface area contributed by atoms with Crippen LogP contribution in [-0.4, -0.2) is 57.3 Å². The van der Waals surface area contributed by atoms with Gasteiger partial charge >= 0.3 is 6.01 Å². The number of carbonyl (C=O) groups is 2. The molecular weight excluding hydrogens is 424 g/mol. The summed E-state index contributed by atoms with van der Waals surface area (Å²) in [5, 5.41) is 1.92. The van der Waals surface area contributed by atoms with Gasteiger partial charge in [0.05, 0.1) is 10.9 Å². The first-order valence-corrected chi connectivity index (χ1v) is 11.8. The van der Waals surface area contributed by atoms with Crippen LogP contribution in [0.25, 0.3) is 0 Å². The third-order valence-corrected chi connectivity index (χ3v) is 7.00. The molecule has 0 unspecified atom stereocenters. The molecule has 0 bridgehead atoms. The molecule has 2 amide bonds. The maximum atomic E-state index is 13.5. The highest BCUT2D eigenvalue weighted by atomic mass is 32.1. The van der Waals surface area contributed by atoms with Gasteiger partial charge in [-0.25, -0.2) is 9.97 Å². The van der Waals surface area contributed by atoms with Gasteiger partial charge in [-0.2, -0.15) is 0 Å².